The molecule has 0 saturated carbocycles. The van der Waals surface area contributed by atoms with Gasteiger partial charge in [0.15, 0.2) is 5.78 Å². The van der Waals surface area contributed by atoms with Gasteiger partial charge in [-0.3, -0.25) is 4.79 Å². The number of hydrogen-bond acceptors (Lipinski definition) is 1. The van der Waals surface area contributed by atoms with E-state index in [1.807, 2.05) is 0 Å². The third-order valence-corrected chi connectivity index (χ3v) is 3.34. The van der Waals surface area contributed by atoms with Gasteiger partial charge in [-0.25, -0.2) is 0 Å². The molecule has 0 aliphatic heterocycles. The van der Waals surface area contributed by atoms with E-state index in [0.717, 1.165) is 12.0 Å². The van der Waals surface area contributed by atoms with E-state index in [9.17, 15) is 4.79 Å². The summed E-state index contributed by atoms with van der Waals surface area (Å²) in [5.74, 6) is 2.22. The summed E-state index contributed by atoms with van der Waals surface area (Å²) in [7, 11) is 0. The van der Waals surface area contributed by atoms with Gasteiger partial charge >= 0.3 is 0 Å². The lowest BCUT2D eigenvalue weighted by atomic mass is 9.79. The van der Waals surface area contributed by atoms with Crippen molar-refractivity contribution < 1.29 is 4.79 Å². The van der Waals surface area contributed by atoms with Crippen LogP contribution in [0.4, 0.5) is 0 Å². The molecule has 2 aliphatic carbocycles. The van der Waals surface area contributed by atoms with E-state index < -0.39 is 0 Å². The van der Waals surface area contributed by atoms with Gasteiger partial charge in [-0.15, -0.1) is 0 Å². The predicted octanol–water partition coefficient (Wildman–Crippen LogP) is 2.73. The molecule has 1 heteroatoms. The lowest BCUT2D eigenvalue weighted by Crippen LogP contribution is -2.17. The van der Waals surface area contributed by atoms with Crippen molar-refractivity contribution in [2.75, 3.05) is 0 Å². The van der Waals surface area contributed by atoms with E-state index in [0.29, 0.717) is 17.8 Å². The summed E-state index contributed by atoms with van der Waals surface area (Å²) in [6.07, 6.45) is 8.91. The van der Waals surface area contributed by atoms with Crippen molar-refractivity contribution in [3.05, 3.63) is 23.8 Å². The zero-order valence-electron chi connectivity index (χ0n) is 8.29. The molecular weight excluding hydrogens is 160 g/mol. The van der Waals surface area contributed by atoms with Crippen molar-refractivity contribution in [2.45, 2.75) is 26.7 Å². The molecule has 0 aromatic carbocycles. The zero-order valence-corrected chi connectivity index (χ0v) is 8.29. The van der Waals surface area contributed by atoms with Gasteiger partial charge in [0, 0.05) is 0 Å². The number of Topliss-reactive ketones (excluding diaryl/α,β-unsaturated/α-hetero) is 1. The van der Waals surface area contributed by atoms with Crippen LogP contribution in [0.2, 0.25) is 0 Å². The minimum Gasteiger partial charge on any atom is -0.295 e. The minimum absolute atomic E-state index is 0.259. The fraction of sp³-hybridized carbons (Fsp3) is 0.583. The van der Waals surface area contributed by atoms with Crippen LogP contribution in [-0.4, -0.2) is 5.78 Å². The molecule has 0 saturated heterocycles. The third-order valence-electron chi connectivity index (χ3n) is 3.34. The van der Waals surface area contributed by atoms with Crippen LogP contribution < -0.4 is 0 Å². The van der Waals surface area contributed by atoms with Gasteiger partial charge in [-0.2, -0.15) is 0 Å². The maximum Gasteiger partial charge on any atom is 0.155 e. The number of carbonyl (C=O) groups is 1. The lowest BCUT2D eigenvalue weighted by Gasteiger charge is -2.25. The van der Waals surface area contributed by atoms with Gasteiger partial charge in [0.2, 0.25) is 0 Å². The molecule has 0 fully saturated rings. The Morgan fingerprint density at radius 2 is 2.31 bits per heavy atom. The maximum atomic E-state index is 11.2. The molecule has 13 heavy (non-hydrogen) atoms. The second kappa shape index (κ2) is 3.13. The minimum atomic E-state index is 0.259. The van der Waals surface area contributed by atoms with Crippen molar-refractivity contribution in [3.8, 4) is 0 Å². The number of ketones is 1. The van der Waals surface area contributed by atoms with E-state index in [1.165, 1.54) is 6.42 Å². The molecule has 0 spiro atoms. The average molecular weight is 176 g/mol. The number of hydrogen-bond donors (Lipinski definition) is 0. The second-order valence-electron chi connectivity index (χ2n) is 4.33. The van der Waals surface area contributed by atoms with E-state index >= 15 is 0 Å². The highest BCUT2D eigenvalue weighted by Crippen LogP contribution is 2.40. The van der Waals surface area contributed by atoms with Crippen LogP contribution in [0.5, 0.6) is 0 Å². The van der Waals surface area contributed by atoms with Crippen molar-refractivity contribution in [3.63, 3.8) is 0 Å². The summed E-state index contributed by atoms with van der Waals surface area (Å²) in [5.41, 5.74) is 1.05. The lowest BCUT2D eigenvalue weighted by molar-refractivity contribution is -0.113. The molecular formula is C12H16O. The number of rotatable bonds is 1. The van der Waals surface area contributed by atoms with Crippen molar-refractivity contribution in [1.29, 1.82) is 0 Å². The van der Waals surface area contributed by atoms with E-state index in [2.05, 4.69) is 25.2 Å². The quantitative estimate of drug-likeness (QED) is 0.561. The highest BCUT2D eigenvalue weighted by atomic mass is 16.1. The Bertz CT molecular complexity index is 285. The fourth-order valence-corrected chi connectivity index (χ4v) is 2.48. The monoisotopic (exact) mass is 176 g/mol. The molecule has 0 heterocycles. The van der Waals surface area contributed by atoms with Crippen molar-refractivity contribution in [1.82, 2.24) is 0 Å². The second-order valence-corrected chi connectivity index (χ2v) is 4.33. The van der Waals surface area contributed by atoms with Gasteiger partial charge in [0.1, 0.15) is 0 Å². The first-order chi connectivity index (χ1) is 6.18. The summed E-state index contributed by atoms with van der Waals surface area (Å²) in [6.45, 7) is 3.96. The Kier molecular flexibility index (Phi) is 2.10. The topological polar surface area (TPSA) is 17.1 Å². The van der Waals surface area contributed by atoms with Crippen LogP contribution in [0.25, 0.3) is 0 Å². The Labute approximate surface area is 79.5 Å². The summed E-state index contributed by atoms with van der Waals surface area (Å²) < 4.78 is 0. The normalized spacial score (nSPS) is 37.1. The largest absolute Gasteiger partial charge is 0.295 e. The fourth-order valence-electron chi connectivity index (χ4n) is 2.48. The predicted molar refractivity (Wildman–Crippen MR) is 53.3 cm³/mol. The van der Waals surface area contributed by atoms with Gasteiger partial charge in [0.05, 0.1) is 0 Å². The number of fused-ring (bicyclic) bond motifs is 1. The summed E-state index contributed by atoms with van der Waals surface area (Å²) in [6, 6.07) is 0. The summed E-state index contributed by atoms with van der Waals surface area (Å²) >= 11 is 0. The molecule has 0 aromatic heterocycles. The summed E-state index contributed by atoms with van der Waals surface area (Å²) in [5, 5.41) is 0. The smallest absolute Gasteiger partial charge is 0.155 e. The molecule has 0 aromatic rings. The molecule has 2 rings (SSSR count). The van der Waals surface area contributed by atoms with Crippen LogP contribution in [0.15, 0.2) is 23.8 Å². The zero-order chi connectivity index (χ0) is 9.42. The summed E-state index contributed by atoms with van der Waals surface area (Å²) in [4.78, 5) is 11.2. The van der Waals surface area contributed by atoms with Crippen molar-refractivity contribution >= 4 is 5.78 Å². The molecule has 70 valence electrons. The Balaban J connectivity index is 2.21. The Morgan fingerprint density at radius 1 is 1.54 bits per heavy atom. The molecule has 2 aliphatic rings. The SMILES string of the molecule is CC(=O)C1=C[C@@H]2[C@H](C)CC=C[C@H]2C1. The van der Waals surface area contributed by atoms with Crippen LogP contribution in [0, 0.1) is 17.8 Å². The molecule has 0 radical (unpaired) electrons. The Morgan fingerprint density at radius 3 is 2.92 bits per heavy atom. The molecule has 3 atom stereocenters. The molecule has 0 bridgehead atoms. The van der Waals surface area contributed by atoms with Crippen molar-refractivity contribution in [2.24, 2.45) is 17.8 Å². The van der Waals surface area contributed by atoms with Gasteiger partial charge in [-0.05, 0) is 43.1 Å². The van der Waals surface area contributed by atoms with Gasteiger partial charge < -0.3 is 0 Å². The molecule has 0 unspecified atom stereocenters. The molecule has 0 amide bonds. The van der Waals surface area contributed by atoms with E-state index in [-0.39, 0.29) is 5.78 Å². The number of allylic oxidation sites excluding steroid dienone is 4. The van der Waals surface area contributed by atoms with Gasteiger partial charge in [0.25, 0.3) is 0 Å². The van der Waals surface area contributed by atoms with E-state index in [1.54, 1.807) is 6.92 Å². The van der Waals surface area contributed by atoms with Crippen LogP contribution >= 0.6 is 0 Å². The number of carbonyl (C=O) groups excluding carboxylic acids is 1. The highest BCUT2D eigenvalue weighted by molar-refractivity contribution is 5.93. The molecule has 1 nitrogen and oxygen atoms in total. The van der Waals surface area contributed by atoms with Crippen LogP contribution in [0.1, 0.15) is 26.7 Å². The first kappa shape index (κ1) is 8.74. The van der Waals surface area contributed by atoms with E-state index in [4.69, 9.17) is 0 Å². The van der Waals surface area contributed by atoms with Crippen LogP contribution in [-0.2, 0) is 4.79 Å². The third kappa shape index (κ3) is 1.48. The Hall–Kier alpha value is -0.850. The average Bonchev–Trinajstić information content (AvgIpc) is 2.49. The maximum absolute atomic E-state index is 11.2. The standard InChI is InChI=1S/C12H16O/c1-8-4-3-5-10-6-11(9(2)13)7-12(8)10/h3,5,7-8,10,12H,4,6H2,1-2H3/t8-,10+,12-/m1/s1. The molecule has 0 N–H and O–H groups in total. The highest BCUT2D eigenvalue weighted by Gasteiger charge is 2.32. The van der Waals surface area contributed by atoms with Crippen LogP contribution in [0.3, 0.4) is 0 Å². The van der Waals surface area contributed by atoms with Gasteiger partial charge in [-0.1, -0.05) is 25.2 Å². The first-order valence-corrected chi connectivity index (χ1v) is 5.07. The first-order valence-electron chi connectivity index (χ1n) is 5.07.